The monoisotopic (exact) mass is 223 g/mol. The van der Waals surface area contributed by atoms with E-state index in [2.05, 4.69) is 14.7 Å². The molecule has 0 amide bonds. The van der Waals surface area contributed by atoms with E-state index in [0.29, 0.717) is 0 Å². The van der Waals surface area contributed by atoms with Crippen molar-refractivity contribution < 1.29 is 17.7 Å². The number of nitrogens with two attached hydrogens (primary N) is 1. The van der Waals surface area contributed by atoms with Crippen LogP contribution in [-0.2, 0) is 11.7 Å². The van der Waals surface area contributed by atoms with E-state index in [9.17, 15) is 13.2 Å². The zero-order valence-corrected chi connectivity index (χ0v) is 8.59. The Bertz CT molecular complexity index is 343. The highest BCUT2D eigenvalue weighted by Crippen LogP contribution is 2.30. The Labute approximate surface area is 84.6 Å². The minimum absolute atomic E-state index is 0.101. The molecule has 0 spiro atoms. The highest BCUT2D eigenvalue weighted by Gasteiger charge is 2.41. The Balaban J connectivity index is 3.04. The predicted octanol–water partition coefficient (Wildman–Crippen LogP) is 1.92. The third-order valence-electron chi connectivity index (χ3n) is 2.35. The molecule has 0 saturated heterocycles. The van der Waals surface area contributed by atoms with Gasteiger partial charge in [0.25, 0.3) is 0 Å². The van der Waals surface area contributed by atoms with Crippen LogP contribution in [0, 0.1) is 5.92 Å². The van der Waals surface area contributed by atoms with Gasteiger partial charge in [0.05, 0.1) is 5.54 Å². The van der Waals surface area contributed by atoms with Gasteiger partial charge in [0, 0.05) is 0 Å². The molecule has 0 aliphatic heterocycles. The molecule has 0 radical (unpaired) electrons. The first-order valence-electron chi connectivity index (χ1n) is 4.36. The quantitative estimate of drug-likeness (QED) is 0.831. The Morgan fingerprint density at radius 3 is 2.20 bits per heavy atom. The molecule has 0 saturated carbocycles. The van der Waals surface area contributed by atoms with Gasteiger partial charge in [0.15, 0.2) is 5.82 Å². The van der Waals surface area contributed by atoms with Crippen LogP contribution in [0.3, 0.4) is 0 Å². The summed E-state index contributed by atoms with van der Waals surface area (Å²) in [4.78, 5) is 3.25. The lowest BCUT2D eigenvalue weighted by Crippen LogP contribution is -2.39. The van der Waals surface area contributed by atoms with Crippen LogP contribution < -0.4 is 5.73 Å². The van der Waals surface area contributed by atoms with E-state index in [1.54, 1.807) is 20.8 Å². The maximum Gasteiger partial charge on any atom is 0.471 e. The number of hydrogen-bond acceptors (Lipinski definition) is 4. The van der Waals surface area contributed by atoms with E-state index >= 15 is 0 Å². The van der Waals surface area contributed by atoms with Crippen molar-refractivity contribution in [2.24, 2.45) is 11.7 Å². The standard InChI is InChI=1S/C8H12F3N3O/c1-4(2)7(3,12)5-13-6(15-14-5)8(9,10)11/h4H,12H2,1-3H3. The zero-order chi connectivity index (χ0) is 11.9. The first-order chi connectivity index (χ1) is 6.65. The first-order valence-corrected chi connectivity index (χ1v) is 4.36. The summed E-state index contributed by atoms with van der Waals surface area (Å²) < 4.78 is 40.6. The number of halogens is 3. The lowest BCUT2D eigenvalue weighted by atomic mass is 9.89. The number of rotatable bonds is 2. The minimum atomic E-state index is -4.63. The molecule has 86 valence electrons. The largest absolute Gasteiger partial charge is 0.471 e. The summed E-state index contributed by atoms with van der Waals surface area (Å²) >= 11 is 0. The molecule has 0 aliphatic rings. The van der Waals surface area contributed by atoms with Gasteiger partial charge in [-0.15, -0.1) is 0 Å². The molecule has 1 aromatic heterocycles. The van der Waals surface area contributed by atoms with E-state index in [1.807, 2.05) is 0 Å². The lowest BCUT2D eigenvalue weighted by Gasteiger charge is -2.24. The van der Waals surface area contributed by atoms with Gasteiger partial charge in [-0.25, -0.2) is 0 Å². The van der Waals surface area contributed by atoms with Gasteiger partial charge in [0.2, 0.25) is 0 Å². The maximum absolute atomic E-state index is 12.2. The van der Waals surface area contributed by atoms with Crippen LogP contribution in [-0.4, -0.2) is 10.1 Å². The number of nitrogens with zero attached hydrogens (tertiary/aromatic N) is 2. The topological polar surface area (TPSA) is 64.9 Å². The highest BCUT2D eigenvalue weighted by atomic mass is 19.4. The van der Waals surface area contributed by atoms with Crippen molar-refractivity contribution >= 4 is 0 Å². The summed E-state index contributed by atoms with van der Waals surface area (Å²) in [5.41, 5.74) is 4.75. The molecule has 0 aliphatic carbocycles. The van der Waals surface area contributed by atoms with Crippen molar-refractivity contribution in [1.29, 1.82) is 0 Å². The third kappa shape index (κ3) is 2.28. The summed E-state index contributed by atoms with van der Waals surface area (Å²) in [6.45, 7) is 5.09. The van der Waals surface area contributed by atoms with E-state index < -0.39 is 17.6 Å². The summed E-state index contributed by atoms with van der Waals surface area (Å²) in [7, 11) is 0. The van der Waals surface area contributed by atoms with Crippen LogP contribution in [0.1, 0.15) is 32.5 Å². The predicted molar refractivity (Wildman–Crippen MR) is 45.7 cm³/mol. The molecular weight excluding hydrogens is 211 g/mol. The second-order valence-electron chi connectivity index (χ2n) is 3.86. The van der Waals surface area contributed by atoms with Crippen LogP contribution in [0.15, 0.2) is 4.52 Å². The normalized spacial score (nSPS) is 16.8. The molecule has 1 heterocycles. The molecule has 4 nitrogen and oxygen atoms in total. The fourth-order valence-corrected chi connectivity index (χ4v) is 0.816. The number of hydrogen-bond donors (Lipinski definition) is 1. The van der Waals surface area contributed by atoms with Crippen molar-refractivity contribution in [1.82, 2.24) is 10.1 Å². The van der Waals surface area contributed by atoms with E-state index in [4.69, 9.17) is 5.73 Å². The van der Waals surface area contributed by atoms with Gasteiger partial charge >= 0.3 is 12.1 Å². The molecule has 1 unspecified atom stereocenters. The van der Waals surface area contributed by atoms with Crippen molar-refractivity contribution in [3.05, 3.63) is 11.7 Å². The molecule has 1 aromatic rings. The van der Waals surface area contributed by atoms with Crippen molar-refractivity contribution in [2.75, 3.05) is 0 Å². The van der Waals surface area contributed by atoms with Gasteiger partial charge in [-0.1, -0.05) is 19.0 Å². The van der Waals surface area contributed by atoms with Crippen molar-refractivity contribution in [3.63, 3.8) is 0 Å². The maximum atomic E-state index is 12.2. The van der Waals surface area contributed by atoms with Crippen molar-refractivity contribution in [3.8, 4) is 0 Å². The Hall–Kier alpha value is -1.11. The third-order valence-corrected chi connectivity index (χ3v) is 2.35. The highest BCUT2D eigenvalue weighted by molar-refractivity contribution is 5.04. The van der Waals surface area contributed by atoms with E-state index in [1.165, 1.54) is 0 Å². The fourth-order valence-electron chi connectivity index (χ4n) is 0.816. The lowest BCUT2D eigenvalue weighted by molar-refractivity contribution is -0.159. The summed E-state index contributed by atoms with van der Waals surface area (Å²) in [5.74, 6) is -1.60. The molecule has 7 heteroatoms. The summed E-state index contributed by atoms with van der Waals surface area (Å²) in [5, 5.41) is 3.24. The average molecular weight is 223 g/mol. The van der Waals surface area contributed by atoms with Crippen molar-refractivity contribution in [2.45, 2.75) is 32.5 Å². The van der Waals surface area contributed by atoms with E-state index in [0.717, 1.165) is 0 Å². The molecule has 1 rings (SSSR count). The molecule has 2 N–H and O–H groups in total. The Kier molecular flexibility index (Phi) is 2.77. The Morgan fingerprint density at radius 1 is 1.33 bits per heavy atom. The SMILES string of the molecule is CC(C)C(C)(N)c1noc(C(F)(F)F)n1. The Morgan fingerprint density at radius 2 is 1.87 bits per heavy atom. The number of aromatic nitrogens is 2. The smallest absolute Gasteiger partial charge is 0.329 e. The van der Waals surface area contributed by atoms with Crippen LogP contribution in [0.5, 0.6) is 0 Å². The van der Waals surface area contributed by atoms with Gasteiger partial charge < -0.3 is 10.3 Å². The van der Waals surface area contributed by atoms with Crippen LogP contribution in [0.4, 0.5) is 13.2 Å². The van der Waals surface area contributed by atoms with Gasteiger partial charge in [-0.3, -0.25) is 0 Å². The molecule has 0 aromatic carbocycles. The fraction of sp³-hybridized carbons (Fsp3) is 0.750. The zero-order valence-electron chi connectivity index (χ0n) is 8.59. The second-order valence-corrected chi connectivity index (χ2v) is 3.86. The van der Waals surface area contributed by atoms with E-state index in [-0.39, 0.29) is 11.7 Å². The van der Waals surface area contributed by atoms with Gasteiger partial charge in [-0.2, -0.15) is 18.2 Å². The second kappa shape index (κ2) is 3.48. The average Bonchev–Trinajstić information content (AvgIpc) is 2.50. The van der Waals surface area contributed by atoms with Gasteiger partial charge in [-0.05, 0) is 12.8 Å². The molecule has 1 atom stereocenters. The minimum Gasteiger partial charge on any atom is -0.329 e. The summed E-state index contributed by atoms with van der Waals surface area (Å²) in [6, 6.07) is 0. The van der Waals surface area contributed by atoms with Crippen LogP contribution >= 0.6 is 0 Å². The van der Waals surface area contributed by atoms with Crippen LogP contribution in [0.2, 0.25) is 0 Å². The molecule has 15 heavy (non-hydrogen) atoms. The number of alkyl halides is 3. The van der Waals surface area contributed by atoms with Gasteiger partial charge in [0.1, 0.15) is 0 Å². The van der Waals surface area contributed by atoms with Crippen LogP contribution in [0.25, 0.3) is 0 Å². The summed E-state index contributed by atoms with van der Waals surface area (Å²) in [6.07, 6.45) is -4.63. The molecule has 0 bridgehead atoms. The first kappa shape index (κ1) is 12.0. The molecule has 0 fully saturated rings. The molecular formula is C8H12F3N3O.